The van der Waals surface area contributed by atoms with Crippen LogP contribution < -0.4 is 9.47 Å². The first-order chi connectivity index (χ1) is 11.6. The molecule has 0 saturated heterocycles. The molecule has 0 saturated carbocycles. The number of esters is 1. The van der Waals surface area contributed by atoms with Gasteiger partial charge in [-0.1, -0.05) is 44.2 Å². The number of carbonyl (C=O) groups is 1. The second kappa shape index (κ2) is 7.39. The fraction of sp³-hybridized carbons (Fsp3) is 0.350. The summed E-state index contributed by atoms with van der Waals surface area (Å²) in [4.78, 5) is 12.0. The van der Waals surface area contributed by atoms with E-state index in [0.717, 1.165) is 16.9 Å². The van der Waals surface area contributed by atoms with Crippen molar-refractivity contribution < 1.29 is 19.0 Å². The number of hydrogen-bond acceptors (Lipinski definition) is 4. The Morgan fingerprint density at radius 2 is 1.67 bits per heavy atom. The summed E-state index contributed by atoms with van der Waals surface area (Å²) in [6, 6.07) is 13.7. The van der Waals surface area contributed by atoms with Gasteiger partial charge in [-0.2, -0.15) is 0 Å². The number of hydrogen-bond donors (Lipinski definition) is 0. The molecule has 4 heteroatoms. The van der Waals surface area contributed by atoms with Crippen LogP contribution in [-0.4, -0.2) is 19.2 Å². The van der Waals surface area contributed by atoms with Gasteiger partial charge >= 0.3 is 5.97 Å². The summed E-state index contributed by atoms with van der Waals surface area (Å²) in [5.41, 5.74) is 3.13. The first-order valence-corrected chi connectivity index (χ1v) is 8.25. The van der Waals surface area contributed by atoms with Crippen LogP contribution in [0.2, 0.25) is 0 Å². The lowest BCUT2D eigenvalue weighted by Crippen LogP contribution is -2.15. The second-order valence-electron chi connectivity index (χ2n) is 6.21. The molecule has 1 aliphatic heterocycles. The van der Waals surface area contributed by atoms with E-state index in [4.69, 9.17) is 14.2 Å². The van der Waals surface area contributed by atoms with Crippen LogP contribution in [0.4, 0.5) is 0 Å². The molecule has 2 aromatic carbocycles. The summed E-state index contributed by atoms with van der Waals surface area (Å²) >= 11 is 0. The molecule has 0 atom stereocenters. The standard InChI is InChI=1S/C20H22O4/c1-14(2)17-6-3-15(4-7-17)13-24-20(21)12-16-5-8-18-19(11-16)23-10-9-22-18/h3-8,11,14H,9-10,12-13H2,1-2H3. The molecule has 1 aliphatic rings. The minimum absolute atomic E-state index is 0.223. The Morgan fingerprint density at radius 1 is 1.00 bits per heavy atom. The van der Waals surface area contributed by atoms with Gasteiger partial charge in [0, 0.05) is 0 Å². The molecule has 3 rings (SSSR count). The molecule has 0 spiro atoms. The van der Waals surface area contributed by atoms with E-state index in [1.165, 1.54) is 5.56 Å². The Morgan fingerprint density at radius 3 is 2.38 bits per heavy atom. The van der Waals surface area contributed by atoms with Gasteiger partial charge in [0.15, 0.2) is 11.5 Å². The van der Waals surface area contributed by atoms with E-state index < -0.39 is 0 Å². The molecule has 2 aromatic rings. The van der Waals surface area contributed by atoms with Gasteiger partial charge in [-0.05, 0) is 34.7 Å². The van der Waals surface area contributed by atoms with Gasteiger partial charge in [0.2, 0.25) is 0 Å². The first kappa shape index (κ1) is 16.4. The van der Waals surface area contributed by atoms with Crippen LogP contribution in [0.1, 0.15) is 36.5 Å². The Hall–Kier alpha value is -2.49. The Kier molecular flexibility index (Phi) is 5.04. The van der Waals surface area contributed by atoms with Crippen LogP contribution in [0, 0.1) is 0 Å². The van der Waals surface area contributed by atoms with Gasteiger partial charge in [-0.15, -0.1) is 0 Å². The van der Waals surface area contributed by atoms with Crippen molar-refractivity contribution in [1.29, 1.82) is 0 Å². The van der Waals surface area contributed by atoms with Crippen LogP contribution >= 0.6 is 0 Å². The zero-order chi connectivity index (χ0) is 16.9. The molecule has 24 heavy (non-hydrogen) atoms. The molecule has 0 radical (unpaired) electrons. The smallest absolute Gasteiger partial charge is 0.310 e. The van der Waals surface area contributed by atoms with Crippen molar-refractivity contribution >= 4 is 5.97 Å². The van der Waals surface area contributed by atoms with E-state index in [1.54, 1.807) is 0 Å². The summed E-state index contributed by atoms with van der Waals surface area (Å²) < 4.78 is 16.4. The lowest BCUT2D eigenvalue weighted by atomic mass is 10.0. The van der Waals surface area contributed by atoms with Gasteiger partial charge in [0.05, 0.1) is 6.42 Å². The maximum Gasteiger partial charge on any atom is 0.310 e. The van der Waals surface area contributed by atoms with Gasteiger partial charge in [0.1, 0.15) is 19.8 Å². The summed E-state index contributed by atoms with van der Waals surface area (Å²) in [6.07, 6.45) is 0.223. The van der Waals surface area contributed by atoms with Crippen LogP contribution in [-0.2, 0) is 22.6 Å². The maximum atomic E-state index is 12.0. The topological polar surface area (TPSA) is 44.8 Å². The van der Waals surface area contributed by atoms with E-state index in [2.05, 4.69) is 26.0 Å². The number of carbonyl (C=O) groups excluding carboxylic acids is 1. The van der Waals surface area contributed by atoms with E-state index in [1.807, 2.05) is 30.3 Å². The third-order valence-corrected chi connectivity index (χ3v) is 4.00. The summed E-state index contributed by atoms with van der Waals surface area (Å²) in [5, 5.41) is 0. The van der Waals surface area contributed by atoms with Crippen molar-refractivity contribution in [1.82, 2.24) is 0 Å². The van der Waals surface area contributed by atoms with Gasteiger partial charge < -0.3 is 14.2 Å². The van der Waals surface area contributed by atoms with Crippen molar-refractivity contribution in [2.24, 2.45) is 0 Å². The molecule has 0 aromatic heterocycles. The zero-order valence-electron chi connectivity index (χ0n) is 14.1. The molecular formula is C20H22O4. The monoisotopic (exact) mass is 326 g/mol. The molecule has 0 unspecified atom stereocenters. The minimum atomic E-state index is -0.250. The predicted octanol–water partition coefficient (Wildman–Crippen LogP) is 3.87. The molecule has 1 heterocycles. The highest BCUT2D eigenvalue weighted by Crippen LogP contribution is 2.30. The molecule has 0 amide bonds. The van der Waals surface area contributed by atoms with Crippen LogP contribution in [0.3, 0.4) is 0 Å². The average Bonchev–Trinajstić information content (AvgIpc) is 2.60. The Labute approximate surface area is 142 Å². The summed E-state index contributed by atoms with van der Waals surface area (Å²) in [5.74, 6) is 1.66. The number of rotatable bonds is 5. The molecule has 126 valence electrons. The van der Waals surface area contributed by atoms with Crippen molar-refractivity contribution in [2.45, 2.75) is 32.8 Å². The third-order valence-electron chi connectivity index (χ3n) is 4.00. The normalized spacial score (nSPS) is 13.0. The van der Waals surface area contributed by atoms with Crippen molar-refractivity contribution in [3.05, 3.63) is 59.2 Å². The summed E-state index contributed by atoms with van der Waals surface area (Å²) in [7, 11) is 0. The molecule has 0 fully saturated rings. The van der Waals surface area contributed by atoms with Gasteiger partial charge in [-0.3, -0.25) is 4.79 Å². The van der Waals surface area contributed by atoms with Crippen molar-refractivity contribution in [3.63, 3.8) is 0 Å². The molecular weight excluding hydrogens is 304 g/mol. The molecule has 0 bridgehead atoms. The van der Waals surface area contributed by atoms with Crippen molar-refractivity contribution in [3.8, 4) is 11.5 Å². The predicted molar refractivity (Wildman–Crippen MR) is 91.5 cm³/mol. The van der Waals surface area contributed by atoms with E-state index in [-0.39, 0.29) is 12.4 Å². The largest absolute Gasteiger partial charge is 0.486 e. The maximum absolute atomic E-state index is 12.0. The molecule has 4 nitrogen and oxygen atoms in total. The quantitative estimate of drug-likeness (QED) is 0.783. The Bertz CT molecular complexity index is 704. The number of fused-ring (bicyclic) bond motifs is 1. The molecule has 0 N–H and O–H groups in total. The van der Waals surface area contributed by atoms with E-state index >= 15 is 0 Å². The minimum Gasteiger partial charge on any atom is -0.486 e. The average molecular weight is 326 g/mol. The zero-order valence-corrected chi connectivity index (χ0v) is 14.1. The van der Waals surface area contributed by atoms with E-state index in [9.17, 15) is 4.79 Å². The highest BCUT2D eigenvalue weighted by Gasteiger charge is 2.13. The lowest BCUT2D eigenvalue weighted by molar-refractivity contribution is -0.144. The fourth-order valence-corrected chi connectivity index (χ4v) is 2.58. The third kappa shape index (κ3) is 4.07. The molecule has 0 aliphatic carbocycles. The van der Waals surface area contributed by atoms with Crippen LogP contribution in [0.15, 0.2) is 42.5 Å². The number of ether oxygens (including phenoxy) is 3. The fourth-order valence-electron chi connectivity index (χ4n) is 2.58. The summed E-state index contributed by atoms with van der Waals surface area (Å²) in [6.45, 7) is 5.70. The van der Waals surface area contributed by atoms with Gasteiger partial charge in [0.25, 0.3) is 0 Å². The van der Waals surface area contributed by atoms with Crippen LogP contribution in [0.5, 0.6) is 11.5 Å². The van der Waals surface area contributed by atoms with Crippen molar-refractivity contribution in [2.75, 3.05) is 13.2 Å². The highest BCUT2D eigenvalue weighted by molar-refractivity contribution is 5.73. The highest BCUT2D eigenvalue weighted by atomic mass is 16.6. The van der Waals surface area contributed by atoms with Crippen LogP contribution in [0.25, 0.3) is 0 Å². The van der Waals surface area contributed by atoms with Gasteiger partial charge in [-0.25, -0.2) is 0 Å². The van der Waals surface area contributed by atoms with E-state index in [0.29, 0.717) is 31.5 Å². The second-order valence-corrected chi connectivity index (χ2v) is 6.21. The lowest BCUT2D eigenvalue weighted by Gasteiger charge is -2.18. The number of benzene rings is 2. The Balaban J connectivity index is 1.54. The SMILES string of the molecule is CC(C)c1ccc(COC(=O)Cc2ccc3c(c2)OCCO3)cc1. The first-order valence-electron chi connectivity index (χ1n) is 8.25.